The molecule has 0 saturated carbocycles. The van der Waals surface area contributed by atoms with E-state index < -0.39 is 0 Å². The first-order valence-electron chi connectivity index (χ1n) is 6.69. The van der Waals surface area contributed by atoms with Crippen LogP contribution in [0.1, 0.15) is 24.1 Å². The number of rotatable bonds is 5. The molecule has 106 valence electrons. The molecule has 1 atom stereocenters. The van der Waals surface area contributed by atoms with Gasteiger partial charge in [-0.15, -0.1) is 0 Å². The quantitative estimate of drug-likeness (QED) is 0.902. The van der Waals surface area contributed by atoms with Crippen molar-refractivity contribution in [1.29, 1.82) is 0 Å². The van der Waals surface area contributed by atoms with E-state index in [0.29, 0.717) is 6.04 Å². The molecule has 20 heavy (non-hydrogen) atoms. The maximum atomic E-state index is 4.54. The Hall–Kier alpha value is -1.39. The van der Waals surface area contributed by atoms with E-state index in [1.807, 2.05) is 19.3 Å². The molecule has 0 aliphatic rings. The molecule has 4 heteroatoms. The zero-order valence-corrected chi connectivity index (χ0v) is 13.7. The third-order valence-electron chi connectivity index (χ3n) is 3.40. The van der Waals surface area contributed by atoms with Crippen LogP contribution in [0.3, 0.4) is 0 Å². The maximum absolute atomic E-state index is 4.54. The maximum Gasteiger partial charge on any atom is 0.128 e. The van der Waals surface area contributed by atoms with Crippen LogP contribution in [0.15, 0.2) is 47.1 Å². The van der Waals surface area contributed by atoms with Crippen molar-refractivity contribution in [3.05, 3.63) is 58.2 Å². The van der Waals surface area contributed by atoms with Crippen LogP contribution in [-0.4, -0.2) is 19.1 Å². The molecule has 0 amide bonds. The predicted molar refractivity (Wildman–Crippen MR) is 88.0 cm³/mol. The lowest BCUT2D eigenvalue weighted by molar-refractivity contribution is 0.649. The second-order valence-electron chi connectivity index (χ2n) is 4.95. The van der Waals surface area contributed by atoms with Gasteiger partial charge in [-0.2, -0.15) is 0 Å². The number of halogens is 1. The minimum absolute atomic E-state index is 0.326. The van der Waals surface area contributed by atoms with E-state index in [4.69, 9.17) is 0 Å². The van der Waals surface area contributed by atoms with Gasteiger partial charge in [-0.3, -0.25) is 0 Å². The number of nitrogens with zero attached hydrogens (tertiary/aromatic N) is 2. The first-order chi connectivity index (χ1) is 9.60. The van der Waals surface area contributed by atoms with E-state index in [-0.39, 0.29) is 0 Å². The summed E-state index contributed by atoms with van der Waals surface area (Å²) in [4.78, 5) is 6.69. The van der Waals surface area contributed by atoms with E-state index in [0.717, 1.165) is 16.8 Å². The Labute approximate surface area is 129 Å². The average molecular weight is 334 g/mol. The number of benzene rings is 1. The van der Waals surface area contributed by atoms with Crippen molar-refractivity contribution in [1.82, 2.24) is 10.3 Å². The first kappa shape index (κ1) is 15.0. The second-order valence-corrected chi connectivity index (χ2v) is 5.86. The lowest BCUT2D eigenvalue weighted by Crippen LogP contribution is -2.18. The van der Waals surface area contributed by atoms with Crippen molar-refractivity contribution < 1.29 is 0 Å². The summed E-state index contributed by atoms with van der Waals surface area (Å²) in [5.41, 5.74) is 2.46. The van der Waals surface area contributed by atoms with Crippen LogP contribution in [0, 0.1) is 0 Å². The molecule has 0 aliphatic heterocycles. The third-order valence-corrected chi connectivity index (χ3v) is 3.90. The predicted octanol–water partition coefficient (Wildman–Crippen LogP) is 3.76. The zero-order valence-electron chi connectivity index (χ0n) is 12.1. The molecule has 0 fully saturated rings. The smallest absolute Gasteiger partial charge is 0.128 e. The van der Waals surface area contributed by atoms with Gasteiger partial charge in [0.2, 0.25) is 0 Å². The van der Waals surface area contributed by atoms with Gasteiger partial charge in [-0.05, 0) is 43.3 Å². The molecule has 1 aromatic carbocycles. The fourth-order valence-corrected chi connectivity index (χ4v) is 2.48. The Morgan fingerprint density at radius 1 is 1.30 bits per heavy atom. The molecule has 0 radical (unpaired) electrons. The van der Waals surface area contributed by atoms with Gasteiger partial charge in [0.1, 0.15) is 5.82 Å². The van der Waals surface area contributed by atoms with Crippen molar-refractivity contribution in [2.45, 2.75) is 19.5 Å². The summed E-state index contributed by atoms with van der Waals surface area (Å²) in [6.07, 6.45) is 1.94. The lowest BCUT2D eigenvalue weighted by atomic mass is 10.1. The fraction of sp³-hybridized carbons (Fsp3) is 0.312. The van der Waals surface area contributed by atoms with Crippen molar-refractivity contribution in [2.75, 3.05) is 19.0 Å². The van der Waals surface area contributed by atoms with Crippen molar-refractivity contribution >= 4 is 21.7 Å². The number of nitrogens with one attached hydrogen (secondary N) is 1. The van der Waals surface area contributed by atoms with Gasteiger partial charge in [-0.1, -0.05) is 34.1 Å². The summed E-state index contributed by atoms with van der Waals surface area (Å²) in [7, 11) is 4.02. The molecular weight excluding hydrogens is 314 g/mol. The molecule has 0 saturated heterocycles. The molecule has 0 spiro atoms. The minimum Gasteiger partial charge on any atom is -0.355 e. The Morgan fingerprint density at radius 3 is 2.70 bits per heavy atom. The van der Waals surface area contributed by atoms with E-state index >= 15 is 0 Å². The summed E-state index contributed by atoms with van der Waals surface area (Å²) in [5.74, 6) is 0.983. The van der Waals surface area contributed by atoms with Crippen LogP contribution in [0.2, 0.25) is 0 Å². The molecule has 1 aromatic heterocycles. The fourth-order valence-electron chi connectivity index (χ4n) is 2.04. The Balaban J connectivity index is 2.07. The molecule has 1 unspecified atom stereocenters. The van der Waals surface area contributed by atoms with Crippen LogP contribution in [0.25, 0.3) is 0 Å². The van der Waals surface area contributed by atoms with Gasteiger partial charge in [0.05, 0.1) is 0 Å². The van der Waals surface area contributed by atoms with Gasteiger partial charge < -0.3 is 10.2 Å². The van der Waals surface area contributed by atoms with Crippen molar-refractivity contribution in [3.63, 3.8) is 0 Å². The number of hydrogen-bond donors (Lipinski definition) is 1. The Kier molecular flexibility index (Phi) is 5.15. The molecular formula is C16H20BrN3. The van der Waals surface area contributed by atoms with E-state index in [9.17, 15) is 0 Å². The van der Waals surface area contributed by atoms with E-state index in [1.54, 1.807) is 0 Å². The van der Waals surface area contributed by atoms with Crippen LogP contribution in [-0.2, 0) is 6.54 Å². The number of anilines is 1. The second kappa shape index (κ2) is 6.86. The van der Waals surface area contributed by atoms with Gasteiger partial charge >= 0.3 is 0 Å². The summed E-state index contributed by atoms with van der Waals surface area (Å²) in [5, 5.41) is 3.22. The zero-order chi connectivity index (χ0) is 14.5. The minimum atomic E-state index is 0.326. The Morgan fingerprint density at radius 2 is 2.10 bits per heavy atom. The van der Waals surface area contributed by atoms with E-state index in [1.165, 1.54) is 11.1 Å². The van der Waals surface area contributed by atoms with Gasteiger partial charge in [0.15, 0.2) is 0 Å². The molecule has 2 aromatic rings. The SMILES string of the molecule is CNC(C)c1ccc(N(C)Cc2cccc(Br)c2)nc1. The number of pyridine rings is 1. The highest BCUT2D eigenvalue weighted by molar-refractivity contribution is 9.10. The van der Waals surface area contributed by atoms with E-state index in [2.05, 4.69) is 75.4 Å². The van der Waals surface area contributed by atoms with Crippen LogP contribution >= 0.6 is 15.9 Å². The lowest BCUT2D eigenvalue weighted by Gasteiger charge is -2.19. The summed E-state index contributed by atoms with van der Waals surface area (Å²) >= 11 is 3.50. The van der Waals surface area contributed by atoms with Gasteiger partial charge in [0.25, 0.3) is 0 Å². The van der Waals surface area contributed by atoms with Gasteiger partial charge in [-0.25, -0.2) is 4.98 Å². The summed E-state index contributed by atoms with van der Waals surface area (Å²) in [6, 6.07) is 12.9. The highest BCUT2D eigenvalue weighted by Gasteiger charge is 2.06. The molecule has 1 heterocycles. The van der Waals surface area contributed by atoms with Crippen LogP contribution < -0.4 is 10.2 Å². The largest absolute Gasteiger partial charge is 0.355 e. The van der Waals surface area contributed by atoms with Gasteiger partial charge in [0, 0.05) is 30.3 Å². The monoisotopic (exact) mass is 333 g/mol. The van der Waals surface area contributed by atoms with Crippen molar-refractivity contribution in [2.24, 2.45) is 0 Å². The molecule has 3 nitrogen and oxygen atoms in total. The topological polar surface area (TPSA) is 28.2 Å². The summed E-state index contributed by atoms with van der Waals surface area (Å²) in [6.45, 7) is 2.97. The number of aromatic nitrogens is 1. The summed E-state index contributed by atoms with van der Waals surface area (Å²) < 4.78 is 1.11. The normalized spacial score (nSPS) is 12.2. The molecule has 2 rings (SSSR count). The highest BCUT2D eigenvalue weighted by Crippen LogP contribution is 2.18. The Bertz CT molecular complexity index is 554. The average Bonchev–Trinajstić information content (AvgIpc) is 2.46. The highest BCUT2D eigenvalue weighted by atomic mass is 79.9. The molecule has 0 bridgehead atoms. The third kappa shape index (κ3) is 3.81. The molecule has 0 aliphatic carbocycles. The van der Waals surface area contributed by atoms with Crippen molar-refractivity contribution in [3.8, 4) is 0 Å². The number of hydrogen-bond acceptors (Lipinski definition) is 3. The van der Waals surface area contributed by atoms with Crippen LogP contribution in [0.5, 0.6) is 0 Å². The standard InChI is InChI=1S/C16H20BrN3/c1-12(18-2)14-7-8-16(19-10-14)20(3)11-13-5-4-6-15(17)9-13/h4-10,12,18H,11H2,1-3H3. The first-order valence-corrected chi connectivity index (χ1v) is 7.48. The molecule has 1 N–H and O–H groups in total. The van der Waals surface area contributed by atoms with Crippen LogP contribution in [0.4, 0.5) is 5.82 Å².